The minimum Gasteiger partial charge on any atom is -0.327 e. The van der Waals surface area contributed by atoms with Crippen molar-refractivity contribution >= 4 is 11.3 Å². The van der Waals surface area contributed by atoms with Crippen molar-refractivity contribution in [2.75, 3.05) is 0 Å². The molecule has 72 valence electrons. The molecule has 1 nitrogen and oxygen atoms in total. The molecule has 0 spiro atoms. The van der Waals surface area contributed by atoms with Gasteiger partial charge in [0.15, 0.2) is 0 Å². The maximum atomic E-state index is 6.05. The van der Waals surface area contributed by atoms with Crippen molar-refractivity contribution in [3.63, 3.8) is 0 Å². The van der Waals surface area contributed by atoms with Gasteiger partial charge in [-0.25, -0.2) is 0 Å². The van der Waals surface area contributed by atoms with Gasteiger partial charge in [0, 0.05) is 6.04 Å². The van der Waals surface area contributed by atoms with Gasteiger partial charge in [-0.05, 0) is 47.6 Å². The molecule has 1 aliphatic carbocycles. The van der Waals surface area contributed by atoms with Crippen LogP contribution in [0, 0.1) is 5.92 Å². The molecule has 0 amide bonds. The fourth-order valence-corrected chi connectivity index (χ4v) is 2.35. The van der Waals surface area contributed by atoms with Crippen LogP contribution in [0.3, 0.4) is 0 Å². The molecule has 1 aromatic rings. The molecule has 1 aromatic heterocycles. The topological polar surface area (TPSA) is 26.0 Å². The normalized spacial score (nSPS) is 18.8. The molecule has 2 N–H and O–H groups in total. The highest BCUT2D eigenvalue weighted by molar-refractivity contribution is 7.07. The van der Waals surface area contributed by atoms with E-state index in [1.54, 1.807) is 11.3 Å². The van der Waals surface area contributed by atoms with Gasteiger partial charge >= 0.3 is 0 Å². The fourth-order valence-electron chi connectivity index (χ4n) is 1.67. The van der Waals surface area contributed by atoms with E-state index in [1.807, 2.05) is 0 Å². The molecule has 0 aliphatic heterocycles. The summed E-state index contributed by atoms with van der Waals surface area (Å²) >= 11 is 1.76. The van der Waals surface area contributed by atoms with Crippen molar-refractivity contribution in [3.8, 4) is 0 Å². The van der Waals surface area contributed by atoms with E-state index in [4.69, 9.17) is 5.73 Å². The second-order valence-electron chi connectivity index (χ2n) is 4.12. The van der Waals surface area contributed by atoms with Crippen molar-refractivity contribution < 1.29 is 0 Å². The molecule has 1 saturated carbocycles. The quantitative estimate of drug-likeness (QED) is 0.768. The van der Waals surface area contributed by atoms with Gasteiger partial charge < -0.3 is 5.73 Å². The van der Waals surface area contributed by atoms with Crippen LogP contribution in [-0.4, -0.2) is 6.04 Å². The predicted octanol–water partition coefficient (Wildman–Crippen LogP) is 2.81. The lowest BCUT2D eigenvalue weighted by atomic mass is 10.0. The lowest BCUT2D eigenvalue weighted by Crippen LogP contribution is -2.22. The Labute approximate surface area is 84.0 Å². The molecule has 0 radical (unpaired) electrons. The number of hydrogen-bond donors (Lipinski definition) is 1. The Morgan fingerprint density at radius 2 is 2.38 bits per heavy atom. The summed E-state index contributed by atoms with van der Waals surface area (Å²) in [7, 11) is 0. The third-order valence-corrected chi connectivity index (χ3v) is 3.45. The zero-order valence-electron chi connectivity index (χ0n) is 7.91. The van der Waals surface area contributed by atoms with Crippen molar-refractivity contribution in [2.24, 2.45) is 11.7 Å². The molecular weight excluding hydrogens is 178 g/mol. The highest BCUT2D eigenvalue weighted by Crippen LogP contribution is 2.33. The van der Waals surface area contributed by atoms with E-state index in [0.717, 1.165) is 12.3 Å². The van der Waals surface area contributed by atoms with Gasteiger partial charge in [-0.1, -0.05) is 12.8 Å². The fraction of sp³-hybridized carbons (Fsp3) is 0.636. The van der Waals surface area contributed by atoms with E-state index >= 15 is 0 Å². The summed E-state index contributed by atoms with van der Waals surface area (Å²) in [5.74, 6) is 1.02. The number of rotatable bonds is 5. The molecule has 1 unspecified atom stereocenters. The number of thiophene rings is 1. The summed E-state index contributed by atoms with van der Waals surface area (Å²) in [6, 6.07) is 2.57. The summed E-state index contributed by atoms with van der Waals surface area (Å²) in [4.78, 5) is 0. The van der Waals surface area contributed by atoms with Crippen molar-refractivity contribution in [2.45, 2.75) is 38.1 Å². The zero-order chi connectivity index (χ0) is 9.10. The molecular formula is C11H17NS. The van der Waals surface area contributed by atoms with Gasteiger partial charge in [0.05, 0.1) is 0 Å². The van der Waals surface area contributed by atoms with Crippen LogP contribution in [0.15, 0.2) is 16.8 Å². The van der Waals surface area contributed by atoms with Crippen LogP contribution in [0.5, 0.6) is 0 Å². The number of nitrogens with two attached hydrogens (primary N) is 1. The van der Waals surface area contributed by atoms with Crippen LogP contribution in [-0.2, 0) is 6.42 Å². The summed E-state index contributed by atoms with van der Waals surface area (Å²) in [5.41, 5.74) is 7.46. The standard InChI is InChI=1S/C11H17NS/c12-11(4-3-9-1-2-9)7-10-5-6-13-8-10/h5-6,8-9,11H,1-4,7,12H2. The molecule has 0 saturated heterocycles. The molecule has 1 fully saturated rings. The average Bonchev–Trinajstić information content (AvgIpc) is 2.82. The van der Waals surface area contributed by atoms with Gasteiger partial charge in [-0.2, -0.15) is 11.3 Å². The molecule has 0 aromatic carbocycles. The summed E-state index contributed by atoms with van der Waals surface area (Å²) < 4.78 is 0. The zero-order valence-corrected chi connectivity index (χ0v) is 8.72. The largest absolute Gasteiger partial charge is 0.327 e. The van der Waals surface area contributed by atoms with Gasteiger partial charge in [-0.3, -0.25) is 0 Å². The monoisotopic (exact) mass is 195 g/mol. The first kappa shape index (κ1) is 9.22. The second kappa shape index (κ2) is 4.25. The Hall–Kier alpha value is -0.340. The molecule has 1 heterocycles. The van der Waals surface area contributed by atoms with Crippen LogP contribution >= 0.6 is 11.3 Å². The molecule has 2 heteroatoms. The van der Waals surface area contributed by atoms with Crippen LogP contribution in [0.25, 0.3) is 0 Å². The Bertz CT molecular complexity index is 239. The Balaban J connectivity index is 1.68. The van der Waals surface area contributed by atoms with E-state index in [1.165, 1.54) is 31.2 Å². The van der Waals surface area contributed by atoms with Crippen molar-refractivity contribution in [1.29, 1.82) is 0 Å². The maximum absolute atomic E-state index is 6.05. The molecule has 1 atom stereocenters. The summed E-state index contributed by atoms with van der Waals surface area (Å²) in [6.07, 6.45) is 6.53. The smallest absolute Gasteiger partial charge is 0.00797 e. The average molecular weight is 195 g/mol. The Morgan fingerprint density at radius 1 is 1.54 bits per heavy atom. The Morgan fingerprint density at radius 3 is 3.00 bits per heavy atom. The van der Waals surface area contributed by atoms with Gasteiger partial charge in [0.1, 0.15) is 0 Å². The minimum atomic E-state index is 0.384. The van der Waals surface area contributed by atoms with E-state index in [-0.39, 0.29) is 0 Å². The molecule has 13 heavy (non-hydrogen) atoms. The highest BCUT2D eigenvalue weighted by atomic mass is 32.1. The van der Waals surface area contributed by atoms with Crippen molar-refractivity contribution in [3.05, 3.63) is 22.4 Å². The van der Waals surface area contributed by atoms with E-state index in [0.29, 0.717) is 6.04 Å². The van der Waals surface area contributed by atoms with Gasteiger partial charge in [0.2, 0.25) is 0 Å². The first-order valence-corrected chi connectivity index (χ1v) is 6.05. The van der Waals surface area contributed by atoms with Crippen LogP contribution in [0.1, 0.15) is 31.2 Å². The van der Waals surface area contributed by atoms with Crippen LogP contribution in [0.4, 0.5) is 0 Å². The minimum absolute atomic E-state index is 0.384. The third-order valence-electron chi connectivity index (χ3n) is 2.72. The van der Waals surface area contributed by atoms with E-state index < -0.39 is 0 Å². The van der Waals surface area contributed by atoms with E-state index in [2.05, 4.69) is 16.8 Å². The predicted molar refractivity (Wildman–Crippen MR) is 58.0 cm³/mol. The van der Waals surface area contributed by atoms with Gasteiger partial charge in [-0.15, -0.1) is 0 Å². The SMILES string of the molecule is NC(CCC1CC1)Cc1ccsc1. The molecule has 1 aliphatic rings. The first-order chi connectivity index (χ1) is 6.34. The lowest BCUT2D eigenvalue weighted by molar-refractivity contribution is 0.552. The summed E-state index contributed by atoms with van der Waals surface area (Å²) in [6.45, 7) is 0. The first-order valence-electron chi connectivity index (χ1n) is 5.11. The Kier molecular flexibility index (Phi) is 3.01. The third kappa shape index (κ3) is 3.12. The lowest BCUT2D eigenvalue weighted by Gasteiger charge is -2.09. The van der Waals surface area contributed by atoms with Crippen LogP contribution in [0.2, 0.25) is 0 Å². The number of hydrogen-bond acceptors (Lipinski definition) is 2. The molecule has 2 rings (SSSR count). The second-order valence-corrected chi connectivity index (χ2v) is 4.90. The summed E-state index contributed by atoms with van der Waals surface area (Å²) in [5, 5.41) is 4.33. The highest BCUT2D eigenvalue weighted by Gasteiger charge is 2.21. The van der Waals surface area contributed by atoms with E-state index in [9.17, 15) is 0 Å². The van der Waals surface area contributed by atoms with Crippen LogP contribution < -0.4 is 5.73 Å². The molecule has 0 bridgehead atoms. The van der Waals surface area contributed by atoms with Crippen molar-refractivity contribution in [1.82, 2.24) is 0 Å². The maximum Gasteiger partial charge on any atom is 0.00797 e. The van der Waals surface area contributed by atoms with Gasteiger partial charge in [0.25, 0.3) is 0 Å².